The molecule has 0 aromatic carbocycles. The lowest BCUT2D eigenvalue weighted by Crippen LogP contribution is -2.48. The maximum Gasteiger partial charge on any atom is 0.00818 e. The van der Waals surface area contributed by atoms with Crippen molar-refractivity contribution in [3.63, 3.8) is 0 Å². The van der Waals surface area contributed by atoms with Crippen molar-refractivity contribution in [1.82, 2.24) is 10.2 Å². The molecule has 2 atom stereocenters. The Morgan fingerprint density at radius 2 is 1.84 bits per heavy atom. The van der Waals surface area contributed by atoms with Crippen LogP contribution in [0.2, 0.25) is 0 Å². The average Bonchev–Trinajstić information content (AvgIpc) is 2.48. The number of nitrogens with zero attached hydrogens (tertiary/aromatic N) is 1. The van der Waals surface area contributed by atoms with Gasteiger partial charge in [0, 0.05) is 18.6 Å². The quantitative estimate of drug-likeness (QED) is 0.817. The molecule has 0 bridgehead atoms. The van der Waals surface area contributed by atoms with Crippen LogP contribution in [0.1, 0.15) is 65.7 Å². The standard InChI is InChI=1S/C17H34N2/c1-4-15-8-10-17(11-9-15)18-14(3)16-7-6-12-19(5-2)13-16/h14-18H,4-13H2,1-3H3. The van der Waals surface area contributed by atoms with Crippen molar-refractivity contribution in [1.29, 1.82) is 0 Å². The zero-order chi connectivity index (χ0) is 13.7. The highest BCUT2D eigenvalue weighted by Crippen LogP contribution is 2.28. The van der Waals surface area contributed by atoms with E-state index in [1.54, 1.807) is 0 Å². The molecule has 2 nitrogen and oxygen atoms in total. The molecule has 1 aliphatic carbocycles. The molecule has 2 unspecified atom stereocenters. The largest absolute Gasteiger partial charge is 0.311 e. The van der Waals surface area contributed by atoms with Gasteiger partial charge < -0.3 is 10.2 Å². The molecule has 2 fully saturated rings. The van der Waals surface area contributed by atoms with Crippen LogP contribution in [0.15, 0.2) is 0 Å². The zero-order valence-electron chi connectivity index (χ0n) is 13.3. The predicted molar refractivity (Wildman–Crippen MR) is 83.5 cm³/mol. The topological polar surface area (TPSA) is 15.3 Å². The second-order valence-electron chi connectivity index (χ2n) is 6.88. The first-order chi connectivity index (χ1) is 9.22. The molecule has 1 aliphatic heterocycles. The van der Waals surface area contributed by atoms with Crippen LogP contribution in [0, 0.1) is 11.8 Å². The maximum atomic E-state index is 3.95. The molecule has 1 saturated heterocycles. The second kappa shape index (κ2) is 7.64. The average molecular weight is 266 g/mol. The van der Waals surface area contributed by atoms with Crippen molar-refractivity contribution in [3.05, 3.63) is 0 Å². The van der Waals surface area contributed by atoms with Gasteiger partial charge in [-0.3, -0.25) is 0 Å². The summed E-state index contributed by atoms with van der Waals surface area (Å²) in [4.78, 5) is 2.63. The highest BCUT2D eigenvalue weighted by Gasteiger charge is 2.27. The lowest BCUT2D eigenvalue weighted by molar-refractivity contribution is 0.145. The van der Waals surface area contributed by atoms with Gasteiger partial charge in [-0.05, 0) is 70.4 Å². The minimum atomic E-state index is 0.706. The molecule has 0 aromatic heterocycles. The molecule has 1 N–H and O–H groups in total. The van der Waals surface area contributed by atoms with E-state index in [4.69, 9.17) is 0 Å². The van der Waals surface area contributed by atoms with Gasteiger partial charge >= 0.3 is 0 Å². The monoisotopic (exact) mass is 266 g/mol. The van der Waals surface area contributed by atoms with Gasteiger partial charge in [0.1, 0.15) is 0 Å². The number of rotatable bonds is 5. The van der Waals surface area contributed by atoms with E-state index in [-0.39, 0.29) is 0 Å². The van der Waals surface area contributed by atoms with Crippen molar-refractivity contribution in [2.75, 3.05) is 19.6 Å². The van der Waals surface area contributed by atoms with E-state index in [2.05, 4.69) is 31.0 Å². The number of hydrogen-bond acceptors (Lipinski definition) is 2. The first kappa shape index (κ1) is 15.3. The van der Waals surface area contributed by atoms with Gasteiger partial charge in [-0.1, -0.05) is 20.3 Å². The molecule has 0 radical (unpaired) electrons. The van der Waals surface area contributed by atoms with Crippen molar-refractivity contribution in [2.45, 2.75) is 77.8 Å². The van der Waals surface area contributed by atoms with Crippen LogP contribution in [-0.4, -0.2) is 36.6 Å². The normalized spacial score (nSPS) is 35.2. The van der Waals surface area contributed by atoms with E-state index in [1.165, 1.54) is 64.6 Å². The summed E-state index contributed by atoms with van der Waals surface area (Å²) in [6, 6.07) is 1.51. The molecular weight excluding hydrogens is 232 g/mol. The third kappa shape index (κ3) is 4.46. The third-order valence-corrected chi connectivity index (χ3v) is 5.62. The fourth-order valence-corrected chi connectivity index (χ4v) is 4.03. The Balaban J connectivity index is 1.73. The molecule has 2 rings (SSSR count). The number of hydrogen-bond donors (Lipinski definition) is 1. The smallest absolute Gasteiger partial charge is 0.00818 e. The van der Waals surface area contributed by atoms with Gasteiger partial charge in [0.05, 0.1) is 0 Å². The van der Waals surface area contributed by atoms with E-state index in [0.717, 1.165) is 17.9 Å². The molecule has 2 heteroatoms. The van der Waals surface area contributed by atoms with Crippen LogP contribution in [0.25, 0.3) is 0 Å². The Hall–Kier alpha value is -0.0800. The second-order valence-corrected chi connectivity index (χ2v) is 6.88. The van der Waals surface area contributed by atoms with E-state index < -0.39 is 0 Å². The van der Waals surface area contributed by atoms with E-state index in [9.17, 15) is 0 Å². The summed E-state index contributed by atoms with van der Waals surface area (Å²) in [6.07, 6.45) is 9.93. The minimum absolute atomic E-state index is 0.706. The summed E-state index contributed by atoms with van der Waals surface area (Å²) in [5.41, 5.74) is 0. The molecule has 0 amide bonds. The first-order valence-corrected chi connectivity index (χ1v) is 8.71. The van der Waals surface area contributed by atoms with E-state index in [1.807, 2.05) is 0 Å². The number of piperidine rings is 1. The Morgan fingerprint density at radius 1 is 1.11 bits per heavy atom. The van der Waals surface area contributed by atoms with Gasteiger partial charge in [-0.25, -0.2) is 0 Å². The van der Waals surface area contributed by atoms with Crippen molar-refractivity contribution >= 4 is 0 Å². The van der Waals surface area contributed by atoms with Crippen LogP contribution in [0.5, 0.6) is 0 Å². The Labute approximate surface area is 120 Å². The molecular formula is C17H34N2. The Bertz CT molecular complexity index is 246. The molecule has 0 spiro atoms. The van der Waals surface area contributed by atoms with Crippen molar-refractivity contribution < 1.29 is 0 Å². The first-order valence-electron chi connectivity index (χ1n) is 8.71. The molecule has 0 aromatic rings. The number of nitrogens with one attached hydrogen (secondary N) is 1. The summed E-state index contributed by atoms with van der Waals surface area (Å²) in [6.45, 7) is 10.9. The van der Waals surface area contributed by atoms with Gasteiger partial charge in [0.25, 0.3) is 0 Å². The van der Waals surface area contributed by atoms with Crippen LogP contribution in [0.4, 0.5) is 0 Å². The fraction of sp³-hybridized carbons (Fsp3) is 1.00. The highest BCUT2D eigenvalue weighted by atomic mass is 15.1. The SMILES string of the molecule is CCC1CCC(NC(C)C2CCCN(CC)C2)CC1. The lowest BCUT2D eigenvalue weighted by Gasteiger charge is -2.38. The lowest BCUT2D eigenvalue weighted by atomic mass is 9.83. The van der Waals surface area contributed by atoms with Crippen molar-refractivity contribution in [3.8, 4) is 0 Å². The van der Waals surface area contributed by atoms with Crippen LogP contribution in [0.3, 0.4) is 0 Å². The Morgan fingerprint density at radius 3 is 2.47 bits per heavy atom. The summed E-state index contributed by atoms with van der Waals surface area (Å²) >= 11 is 0. The van der Waals surface area contributed by atoms with Crippen LogP contribution in [-0.2, 0) is 0 Å². The fourth-order valence-electron chi connectivity index (χ4n) is 4.03. The molecule has 1 heterocycles. The van der Waals surface area contributed by atoms with E-state index >= 15 is 0 Å². The van der Waals surface area contributed by atoms with Gasteiger partial charge in [0.15, 0.2) is 0 Å². The van der Waals surface area contributed by atoms with Gasteiger partial charge in [-0.15, -0.1) is 0 Å². The minimum Gasteiger partial charge on any atom is -0.311 e. The maximum absolute atomic E-state index is 3.95. The summed E-state index contributed by atoms with van der Waals surface area (Å²) in [5, 5.41) is 3.95. The van der Waals surface area contributed by atoms with Crippen molar-refractivity contribution in [2.24, 2.45) is 11.8 Å². The van der Waals surface area contributed by atoms with E-state index in [0.29, 0.717) is 6.04 Å². The molecule has 1 saturated carbocycles. The summed E-state index contributed by atoms with van der Waals surface area (Å²) in [7, 11) is 0. The molecule has 112 valence electrons. The zero-order valence-corrected chi connectivity index (χ0v) is 13.3. The predicted octanol–water partition coefficient (Wildman–Crippen LogP) is 3.67. The third-order valence-electron chi connectivity index (χ3n) is 5.62. The molecule has 19 heavy (non-hydrogen) atoms. The number of likely N-dealkylation sites (tertiary alicyclic amines) is 1. The van der Waals surface area contributed by atoms with Crippen LogP contribution < -0.4 is 5.32 Å². The van der Waals surface area contributed by atoms with Crippen LogP contribution >= 0.6 is 0 Å². The highest BCUT2D eigenvalue weighted by molar-refractivity contribution is 4.84. The summed E-state index contributed by atoms with van der Waals surface area (Å²) in [5.74, 6) is 1.89. The Kier molecular flexibility index (Phi) is 6.15. The summed E-state index contributed by atoms with van der Waals surface area (Å²) < 4.78 is 0. The van der Waals surface area contributed by atoms with Gasteiger partial charge in [0.2, 0.25) is 0 Å². The van der Waals surface area contributed by atoms with Gasteiger partial charge in [-0.2, -0.15) is 0 Å². The molecule has 2 aliphatic rings.